The monoisotopic (exact) mass is 577 g/mol. The van der Waals surface area contributed by atoms with Gasteiger partial charge >= 0.3 is 0 Å². The summed E-state index contributed by atoms with van der Waals surface area (Å²) in [5.41, 5.74) is 1.26. The lowest BCUT2D eigenvalue weighted by molar-refractivity contribution is -0.146. The van der Waals surface area contributed by atoms with E-state index in [1.54, 1.807) is 0 Å². The summed E-state index contributed by atoms with van der Waals surface area (Å²) in [4.78, 5) is 15.4. The lowest BCUT2D eigenvalue weighted by Crippen LogP contribution is -2.57. The van der Waals surface area contributed by atoms with Gasteiger partial charge in [-0.2, -0.15) is 4.31 Å². The minimum atomic E-state index is -3.91. The van der Waals surface area contributed by atoms with Crippen molar-refractivity contribution in [3.05, 3.63) is 65.2 Å². The van der Waals surface area contributed by atoms with Crippen molar-refractivity contribution in [2.45, 2.75) is 67.5 Å². The maximum absolute atomic E-state index is 13.6. The largest absolute Gasteiger partial charge is 0.389 e. The highest BCUT2D eigenvalue weighted by Gasteiger charge is 2.43. The van der Waals surface area contributed by atoms with Gasteiger partial charge in [0.1, 0.15) is 0 Å². The number of sulfonamides is 1. The standard InChI is InChI=1S/C28H36ClN3O6S/c29-21-6-9-25(10-7-21)39(35,36)32-17-23(33)18-37-19-27-26(32)11-8-24(38-27)14-28(34)30-22-12-13-31(16-22)15-20-4-2-1-3-5-20/h1-7,9-10,22-24,26-27,33H,8,11-19H2,(H,30,34)/t22-,23+,24+,26-,27+/m0/s1. The third kappa shape index (κ3) is 7.18. The van der Waals surface area contributed by atoms with Crippen molar-refractivity contribution in [1.82, 2.24) is 14.5 Å². The number of amides is 1. The number of benzene rings is 2. The molecule has 0 radical (unpaired) electrons. The highest BCUT2D eigenvalue weighted by atomic mass is 35.5. The molecule has 39 heavy (non-hydrogen) atoms. The summed E-state index contributed by atoms with van der Waals surface area (Å²) in [7, 11) is -3.91. The highest BCUT2D eigenvalue weighted by molar-refractivity contribution is 7.89. The first-order valence-corrected chi connectivity index (χ1v) is 15.3. The molecule has 0 spiro atoms. The normalized spacial score (nSPS) is 28.8. The Bertz CT molecular complexity index is 1220. The van der Waals surface area contributed by atoms with E-state index >= 15 is 0 Å². The summed E-state index contributed by atoms with van der Waals surface area (Å²) in [6.07, 6.45) is 0.319. The number of β-amino-alcohol motifs (C(OH)–C–C–N with tert-alkyl or cyclic N) is 1. The molecule has 212 valence electrons. The van der Waals surface area contributed by atoms with Crippen LogP contribution in [0.2, 0.25) is 5.02 Å². The van der Waals surface area contributed by atoms with Crippen LogP contribution < -0.4 is 5.32 Å². The molecular formula is C28H36ClN3O6S. The third-order valence-corrected chi connectivity index (χ3v) is 9.81. The van der Waals surface area contributed by atoms with Gasteiger partial charge in [-0.3, -0.25) is 9.69 Å². The van der Waals surface area contributed by atoms with Gasteiger partial charge in [0.25, 0.3) is 0 Å². The molecular weight excluding hydrogens is 542 g/mol. The summed E-state index contributed by atoms with van der Waals surface area (Å²) in [5.74, 6) is -0.0576. The van der Waals surface area contributed by atoms with Crippen LogP contribution >= 0.6 is 11.6 Å². The summed E-state index contributed by atoms with van der Waals surface area (Å²) in [6, 6.07) is 15.9. The molecule has 0 unspecified atom stereocenters. The molecule has 5 rings (SSSR count). The quantitative estimate of drug-likeness (QED) is 0.520. The van der Waals surface area contributed by atoms with Crippen LogP contribution in [-0.4, -0.2) is 91.9 Å². The molecule has 0 aromatic heterocycles. The van der Waals surface area contributed by atoms with Crippen LogP contribution in [0.15, 0.2) is 59.5 Å². The molecule has 0 saturated carbocycles. The lowest BCUT2D eigenvalue weighted by Gasteiger charge is -2.43. The van der Waals surface area contributed by atoms with Crippen LogP contribution in [0, 0.1) is 0 Å². The summed E-state index contributed by atoms with van der Waals surface area (Å²) in [5, 5.41) is 14.0. The van der Waals surface area contributed by atoms with E-state index in [2.05, 4.69) is 22.3 Å². The zero-order valence-electron chi connectivity index (χ0n) is 21.8. The highest BCUT2D eigenvalue weighted by Crippen LogP contribution is 2.32. The molecule has 3 fully saturated rings. The van der Waals surface area contributed by atoms with Crippen LogP contribution in [0.4, 0.5) is 0 Å². The minimum absolute atomic E-state index is 0.00549. The number of halogens is 1. The zero-order chi connectivity index (χ0) is 27.4. The molecule has 2 N–H and O–H groups in total. The number of likely N-dealkylation sites (tertiary alicyclic amines) is 1. The van der Waals surface area contributed by atoms with E-state index in [0.717, 1.165) is 26.1 Å². The summed E-state index contributed by atoms with van der Waals surface area (Å²) >= 11 is 5.96. The fourth-order valence-electron chi connectivity index (χ4n) is 5.74. The first-order chi connectivity index (χ1) is 18.8. The first-order valence-electron chi connectivity index (χ1n) is 13.5. The average molecular weight is 578 g/mol. The molecule has 2 aromatic rings. The van der Waals surface area contributed by atoms with Gasteiger partial charge in [0.15, 0.2) is 0 Å². The van der Waals surface area contributed by atoms with E-state index in [1.807, 2.05) is 18.2 Å². The van der Waals surface area contributed by atoms with Gasteiger partial charge in [-0.15, -0.1) is 0 Å². The second-order valence-corrected chi connectivity index (χ2v) is 13.0. The van der Waals surface area contributed by atoms with Crippen LogP contribution in [0.5, 0.6) is 0 Å². The van der Waals surface area contributed by atoms with E-state index in [0.29, 0.717) is 17.9 Å². The van der Waals surface area contributed by atoms with Crippen LogP contribution in [-0.2, 0) is 30.8 Å². The Morgan fingerprint density at radius 3 is 2.56 bits per heavy atom. The molecule has 2 aromatic carbocycles. The topological polar surface area (TPSA) is 108 Å². The molecule has 3 aliphatic rings. The Balaban J connectivity index is 1.18. The van der Waals surface area contributed by atoms with Gasteiger partial charge in [-0.05, 0) is 49.1 Å². The summed E-state index contributed by atoms with van der Waals surface area (Å²) in [6.45, 7) is 2.66. The Labute approximate surface area is 235 Å². The Hall–Kier alpha value is -2.05. The number of aliphatic hydroxyl groups excluding tert-OH is 1. The SMILES string of the molecule is O=C(C[C@H]1CC[C@H]2[C@@H](COC[C@H](O)CN2S(=O)(=O)c2ccc(Cl)cc2)O1)N[C@H]1CCN(Cc2ccccc2)C1. The van der Waals surface area contributed by atoms with E-state index in [1.165, 1.54) is 34.1 Å². The fraction of sp³-hybridized carbons (Fsp3) is 0.536. The molecule has 9 nitrogen and oxygen atoms in total. The molecule has 3 aliphatic heterocycles. The number of hydrogen-bond donors (Lipinski definition) is 2. The molecule has 0 aliphatic carbocycles. The van der Waals surface area contributed by atoms with Crippen molar-refractivity contribution < 1.29 is 27.8 Å². The van der Waals surface area contributed by atoms with E-state index in [9.17, 15) is 18.3 Å². The number of nitrogens with one attached hydrogen (secondary N) is 1. The van der Waals surface area contributed by atoms with Crippen LogP contribution in [0.3, 0.4) is 0 Å². The molecule has 11 heteroatoms. The maximum atomic E-state index is 13.6. The van der Waals surface area contributed by atoms with Crippen molar-refractivity contribution in [2.75, 3.05) is 32.8 Å². The molecule has 3 saturated heterocycles. The Morgan fingerprint density at radius 1 is 1.03 bits per heavy atom. The minimum Gasteiger partial charge on any atom is -0.389 e. The van der Waals surface area contributed by atoms with Crippen molar-refractivity contribution in [2.24, 2.45) is 0 Å². The lowest BCUT2D eigenvalue weighted by atomic mass is 9.96. The van der Waals surface area contributed by atoms with E-state index in [-0.39, 0.29) is 49.1 Å². The van der Waals surface area contributed by atoms with Gasteiger partial charge in [0.05, 0.1) is 48.9 Å². The Morgan fingerprint density at radius 2 is 1.79 bits per heavy atom. The number of carbonyl (C=O) groups is 1. The number of fused-ring (bicyclic) bond motifs is 1. The third-order valence-electron chi connectivity index (χ3n) is 7.65. The average Bonchev–Trinajstić information content (AvgIpc) is 3.33. The van der Waals surface area contributed by atoms with Gasteiger partial charge in [0.2, 0.25) is 15.9 Å². The number of nitrogens with zero attached hydrogens (tertiary/aromatic N) is 2. The second kappa shape index (κ2) is 12.6. The second-order valence-electron chi connectivity index (χ2n) is 10.6. The van der Waals surface area contributed by atoms with Crippen LogP contribution in [0.1, 0.15) is 31.2 Å². The predicted molar refractivity (Wildman–Crippen MR) is 147 cm³/mol. The number of hydrogen-bond acceptors (Lipinski definition) is 7. The van der Waals surface area contributed by atoms with Crippen LogP contribution in [0.25, 0.3) is 0 Å². The van der Waals surface area contributed by atoms with Gasteiger partial charge in [-0.1, -0.05) is 41.9 Å². The van der Waals surface area contributed by atoms with Crippen molar-refractivity contribution in [3.63, 3.8) is 0 Å². The fourth-order valence-corrected chi connectivity index (χ4v) is 7.58. The number of aliphatic hydroxyl groups is 1. The molecule has 0 bridgehead atoms. The zero-order valence-corrected chi connectivity index (χ0v) is 23.4. The number of rotatable bonds is 7. The van der Waals surface area contributed by atoms with Crippen molar-refractivity contribution in [1.29, 1.82) is 0 Å². The van der Waals surface area contributed by atoms with E-state index in [4.69, 9.17) is 21.1 Å². The molecule has 1 amide bonds. The van der Waals surface area contributed by atoms with Gasteiger partial charge < -0.3 is 19.9 Å². The maximum Gasteiger partial charge on any atom is 0.243 e. The number of carbonyl (C=O) groups excluding carboxylic acids is 1. The smallest absolute Gasteiger partial charge is 0.243 e. The predicted octanol–water partition coefficient (Wildman–Crippen LogP) is 2.42. The Kier molecular flexibility index (Phi) is 9.23. The van der Waals surface area contributed by atoms with E-state index < -0.39 is 28.3 Å². The summed E-state index contributed by atoms with van der Waals surface area (Å²) < 4.78 is 40.4. The number of ether oxygens (including phenoxy) is 2. The first kappa shape index (κ1) is 28.5. The van der Waals surface area contributed by atoms with Gasteiger partial charge in [-0.25, -0.2) is 8.42 Å². The molecule has 3 heterocycles. The molecule has 5 atom stereocenters. The van der Waals surface area contributed by atoms with Crippen molar-refractivity contribution >= 4 is 27.5 Å². The van der Waals surface area contributed by atoms with Gasteiger partial charge in [0, 0.05) is 37.2 Å². The van der Waals surface area contributed by atoms with Crippen molar-refractivity contribution in [3.8, 4) is 0 Å².